The van der Waals surface area contributed by atoms with E-state index < -0.39 is 0 Å². The van der Waals surface area contributed by atoms with Gasteiger partial charge in [-0.25, -0.2) is 4.39 Å². The van der Waals surface area contributed by atoms with Crippen LogP contribution in [0.25, 0.3) is 0 Å². The van der Waals surface area contributed by atoms with Gasteiger partial charge in [0.2, 0.25) is 11.8 Å². The zero-order valence-corrected chi connectivity index (χ0v) is 16.3. The molecule has 26 heavy (non-hydrogen) atoms. The van der Waals surface area contributed by atoms with Crippen LogP contribution >= 0.6 is 12.4 Å². The third-order valence-electron chi connectivity index (χ3n) is 4.62. The lowest BCUT2D eigenvalue weighted by Gasteiger charge is -2.18. The van der Waals surface area contributed by atoms with E-state index >= 15 is 0 Å². The Kier molecular flexibility index (Phi) is 9.59. The van der Waals surface area contributed by atoms with Gasteiger partial charge in [0.25, 0.3) is 0 Å². The highest BCUT2D eigenvalue weighted by Crippen LogP contribution is 2.22. The quantitative estimate of drug-likeness (QED) is 0.722. The molecule has 1 aliphatic rings. The first kappa shape index (κ1) is 22.4. The van der Waals surface area contributed by atoms with Crippen LogP contribution in [0.3, 0.4) is 0 Å². The Morgan fingerprint density at radius 3 is 2.54 bits per heavy atom. The van der Waals surface area contributed by atoms with Crippen molar-refractivity contribution in [1.29, 1.82) is 0 Å². The lowest BCUT2D eigenvalue weighted by atomic mass is 9.98. The third kappa shape index (κ3) is 7.30. The van der Waals surface area contributed by atoms with E-state index in [9.17, 15) is 14.0 Å². The maximum Gasteiger partial charge on any atom is 0.221 e. The fraction of sp³-hybridized carbons (Fsp3) is 0.579. The lowest BCUT2D eigenvalue weighted by Crippen LogP contribution is -2.39. The molecule has 0 aromatic heterocycles. The Morgan fingerprint density at radius 1 is 1.23 bits per heavy atom. The fourth-order valence-electron chi connectivity index (χ4n) is 3.38. The minimum atomic E-state index is -0.278. The predicted molar refractivity (Wildman–Crippen MR) is 103 cm³/mol. The molecule has 0 aliphatic carbocycles. The minimum absolute atomic E-state index is 0. The first-order valence-electron chi connectivity index (χ1n) is 8.98. The second-order valence-corrected chi connectivity index (χ2v) is 6.77. The van der Waals surface area contributed by atoms with Gasteiger partial charge in [0.1, 0.15) is 5.82 Å². The largest absolute Gasteiger partial charge is 0.352 e. The molecule has 2 atom stereocenters. The molecule has 1 heterocycles. The van der Waals surface area contributed by atoms with Crippen LogP contribution < -0.4 is 10.6 Å². The van der Waals surface area contributed by atoms with E-state index in [1.807, 2.05) is 0 Å². The van der Waals surface area contributed by atoms with Gasteiger partial charge < -0.3 is 15.5 Å². The number of rotatable bonds is 8. The molecule has 1 saturated heterocycles. The van der Waals surface area contributed by atoms with Crippen LogP contribution in [0.2, 0.25) is 0 Å². The maximum atomic E-state index is 12.9. The molecule has 1 fully saturated rings. The average Bonchev–Trinajstić information content (AvgIpc) is 2.94. The fourth-order valence-corrected chi connectivity index (χ4v) is 3.38. The molecule has 0 spiro atoms. The van der Waals surface area contributed by atoms with Gasteiger partial charge in [-0.1, -0.05) is 25.5 Å². The van der Waals surface area contributed by atoms with Gasteiger partial charge in [-0.05, 0) is 30.0 Å². The van der Waals surface area contributed by atoms with Crippen LogP contribution in [0.5, 0.6) is 0 Å². The SMILES string of the molecule is CCC[C@H]1CN(CCC(=O)NCc2ccc(F)cc2)C[C@@H]1NC(C)=O.Cl. The molecule has 146 valence electrons. The smallest absolute Gasteiger partial charge is 0.221 e. The summed E-state index contributed by atoms with van der Waals surface area (Å²) in [7, 11) is 0. The summed E-state index contributed by atoms with van der Waals surface area (Å²) in [6.07, 6.45) is 2.60. The van der Waals surface area contributed by atoms with Crippen molar-refractivity contribution in [1.82, 2.24) is 15.5 Å². The second kappa shape index (κ2) is 11.1. The maximum absolute atomic E-state index is 12.9. The number of likely N-dealkylation sites (tertiary alicyclic amines) is 1. The molecular formula is C19H29ClFN3O2. The van der Waals surface area contributed by atoms with Crippen molar-refractivity contribution < 1.29 is 14.0 Å². The van der Waals surface area contributed by atoms with Crippen LogP contribution in [0.1, 0.15) is 38.7 Å². The van der Waals surface area contributed by atoms with Gasteiger partial charge in [0, 0.05) is 45.6 Å². The van der Waals surface area contributed by atoms with Crippen molar-refractivity contribution in [3.05, 3.63) is 35.6 Å². The number of nitrogens with zero attached hydrogens (tertiary/aromatic N) is 1. The van der Waals surface area contributed by atoms with Crippen molar-refractivity contribution in [2.45, 2.75) is 45.7 Å². The molecule has 2 N–H and O–H groups in total. The van der Waals surface area contributed by atoms with Crippen molar-refractivity contribution in [2.75, 3.05) is 19.6 Å². The predicted octanol–water partition coefficient (Wildman–Crippen LogP) is 2.49. The number of hydrogen-bond acceptors (Lipinski definition) is 3. The van der Waals surface area contributed by atoms with E-state index in [1.165, 1.54) is 12.1 Å². The number of nitrogens with one attached hydrogen (secondary N) is 2. The Morgan fingerprint density at radius 2 is 1.92 bits per heavy atom. The van der Waals surface area contributed by atoms with E-state index in [0.717, 1.165) is 31.5 Å². The normalized spacial score (nSPS) is 19.7. The summed E-state index contributed by atoms with van der Waals surface area (Å²) < 4.78 is 12.9. The molecule has 7 heteroatoms. The van der Waals surface area contributed by atoms with E-state index in [4.69, 9.17) is 0 Å². The minimum Gasteiger partial charge on any atom is -0.352 e. The summed E-state index contributed by atoms with van der Waals surface area (Å²) in [6.45, 7) is 6.52. The molecule has 1 aromatic carbocycles. The average molecular weight is 386 g/mol. The zero-order chi connectivity index (χ0) is 18.2. The molecule has 1 aromatic rings. The van der Waals surface area contributed by atoms with Crippen molar-refractivity contribution in [3.63, 3.8) is 0 Å². The van der Waals surface area contributed by atoms with Gasteiger partial charge in [0.05, 0.1) is 0 Å². The number of halogens is 2. The van der Waals surface area contributed by atoms with E-state index in [-0.39, 0.29) is 36.1 Å². The Balaban J connectivity index is 0.00000338. The number of hydrogen-bond donors (Lipinski definition) is 2. The van der Waals surface area contributed by atoms with E-state index in [0.29, 0.717) is 25.4 Å². The molecule has 0 unspecified atom stereocenters. The molecule has 5 nitrogen and oxygen atoms in total. The van der Waals surface area contributed by atoms with E-state index in [1.54, 1.807) is 19.1 Å². The zero-order valence-electron chi connectivity index (χ0n) is 15.5. The molecule has 0 saturated carbocycles. The monoisotopic (exact) mass is 385 g/mol. The van der Waals surface area contributed by atoms with Gasteiger partial charge >= 0.3 is 0 Å². The number of carbonyl (C=O) groups is 2. The number of benzene rings is 1. The second-order valence-electron chi connectivity index (χ2n) is 6.77. The molecule has 0 radical (unpaired) electrons. The highest BCUT2D eigenvalue weighted by molar-refractivity contribution is 5.85. The number of amides is 2. The summed E-state index contributed by atoms with van der Waals surface area (Å²) in [6, 6.07) is 6.30. The van der Waals surface area contributed by atoms with Gasteiger partial charge in [0.15, 0.2) is 0 Å². The Bertz CT molecular complexity index is 583. The molecular weight excluding hydrogens is 357 g/mol. The number of carbonyl (C=O) groups excluding carboxylic acids is 2. The first-order chi connectivity index (χ1) is 12.0. The van der Waals surface area contributed by atoms with Crippen molar-refractivity contribution in [3.8, 4) is 0 Å². The van der Waals surface area contributed by atoms with Crippen molar-refractivity contribution in [2.24, 2.45) is 5.92 Å². The summed E-state index contributed by atoms with van der Waals surface area (Å²) in [5.41, 5.74) is 0.879. The highest BCUT2D eigenvalue weighted by Gasteiger charge is 2.32. The summed E-state index contributed by atoms with van der Waals surface area (Å²) in [4.78, 5) is 25.6. The molecule has 2 amide bonds. The van der Waals surface area contributed by atoms with Crippen LogP contribution in [-0.4, -0.2) is 42.4 Å². The first-order valence-corrected chi connectivity index (χ1v) is 8.98. The topological polar surface area (TPSA) is 61.4 Å². The molecule has 0 bridgehead atoms. The van der Waals surface area contributed by atoms with Gasteiger partial charge in [-0.15, -0.1) is 12.4 Å². The van der Waals surface area contributed by atoms with Crippen LogP contribution in [-0.2, 0) is 16.1 Å². The van der Waals surface area contributed by atoms with E-state index in [2.05, 4.69) is 22.5 Å². The standard InChI is InChI=1S/C19H28FN3O2.ClH/c1-3-4-16-12-23(13-18(16)22-14(2)24)10-9-19(25)21-11-15-5-7-17(20)8-6-15;/h5-8,16,18H,3-4,9-13H2,1-2H3,(H,21,25)(H,22,24);1H/t16-,18-;/m0./s1. The summed E-state index contributed by atoms with van der Waals surface area (Å²) in [5.74, 6) is 0.167. The van der Waals surface area contributed by atoms with Crippen LogP contribution in [0.4, 0.5) is 4.39 Å². The summed E-state index contributed by atoms with van der Waals surface area (Å²) in [5, 5.41) is 5.90. The highest BCUT2D eigenvalue weighted by atomic mass is 35.5. The van der Waals surface area contributed by atoms with Crippen LogP contribution in [0, 0.1) is 11.7 Å². The van der Waals surface area contributed by atoms with Gasteiger partial charge in [-0.3, -0.25) is 9.59 Å². The Labute approximate surface area is 161 Å². The lowest BCUT2D eigenvalue weighted by molar-refractivity contribution is -0.122. The van der Waals surface area contributed by atoms with Crippen molar-refractivity contribution >= 4 is 24.2 Å². The molecule has 1 aliphatic heterocycles. The van der Waals surface area contributed by atoms with Gasteiger partial charge in [-0.2, -0.15) is 0 Å². The third-order valence-corrected chi connectivity index (χ3v) is 4.62. The Hall–Kier alpha value is -1.66. The van der Waals surface area contributed by atoms with Crippen LogP contribution in [0.15, 0.2) is 24.3 Å². The summed E-state index contributed by atoms with van der Waals surface area (Å²) >= 11 is 0. The molecule has 2 rings (SSSR count).